The van der Waals surface area contributed by atoms with Crippen LogP contribution in [0.1, 0.15) is 10.4 Å². The van der Waals surface area contributed by atoms with E-state index in [0.29, 0.717) is 5.69 Å². The third-order valence-electron chi connectivity index (χ3n) is 3.27. The van der Waals surface area contributed by atoms with Crippen molar-refractivity contribution in [1.29, 1.82) is 0 Å². The van der Waals surface area contributed by atoms with E-state index in [1.165, 1.54) is 0 Å². The number of nitro benzene ring substituents is 2. The summed E-state index contributed by atoms with van der Waals surface area (Å²) in [7, 11) is 0. The summed E-state index contributed by atoms with van der Waals surface area (Å²) >= 11 is 17.6. The summed E-state index contributed by atoms with van der Waals surface area (Å²) in [5.74, 6) is -0.901. The molecule has 142 valence electrons. The smallest absolute Gasteiger partial charge is 0.277 e. The molecule has 2 rings (SSSR count). The Bertz CT molecular complexity index is 841. The second-order valence-corrected chi connectivity index (χ2v) is 7.58. The molecule has 2 aromatic carbocycles. The van der Waals surface area contributed by atoms with Crippen molar-refractivity contribution in [1.82, 2.24) is 5.32 Å². The summed E-state index contributed by atoms with van der Waals surface area (Å²) in [5, 5.41) is 27.1. The number of benzene rings is 2. The van der Waals surface area contributed by atoms with Gasteiger partial charge in [0.15, 0.2) is 0 Å². The number of non-ortho nitro benzene ring substituents is 2. The molecule has 2 N–H and O–H groups in total. The molecule has 0 bridgehead atoms. The normalized spacial score (nSPS) is 12.1. The zero-order chi connectivity index (χ0) is 20.2. The van der Waals surface area contributed by atoms with Crippen molar-refractivity contribution in [2.24, 2.45) is 0 Å². The molecule has 0 radical (unpaired) electrons. The Morgan fingerprint density at radius 2 is 1.48 bits per heavy atom. The first-order chi connectivity index (χ1) is 12.6. The number of nitrogens with one attached hydrogen (secondary N) is 2. The molecule has 0 fully saturated rings. The maximum Gasteiger partial charge on any atom is 0.277 e. The van der Waals surface area contributed by atoms with Gasteiger partial charge in [-0.1, -0.05) is 53.0 Å². The van der Waals surface area contributed by atoms with E-state index in [1.54, 1.807) is 30.3 Å². The maximum atomic E-state index is 12.5. The Morgan fingerprint density at radius 3 is 1.93 bits per heavy atom. The lowest BCUT2D eigenvalue weighted by molar-refractivity contribution is -0.394. The summed E-state index contributed by atoms with van der Waals surface area (Å²) in [6, 6.07) is 11.0. The van der Waals surface area contributed by atoms with Crippen molar-refractivity contribution in [3.05, 3.63) is 74.3 Å². The van der Waals surface area contributed by atoms with Crippen LogP contribution in [0.5, 0.6) is 0 Å². The molecule has 0 unspecified atom stereocenters. The molecule has 0 aromatic heterocycles. The van der Waals surface area contributed by atoms with E-state index in [2.05, 4.69) is 10.6 Å². The summed E-state index contributed by atoms with van der Waals surface area (Å²) in [6.07, 6.45) is -1.23. The third kappa shape index (κ3) is 5.68. The van der Waals surface area contributed by atoms with Gasteiger partial charge in [-0.2, -0.15) is 0 Å². The Morgan fingerprint density at radius 1 is 0.963 bits per heavy atom. The number of halogens is 3. The van der Waals surface area contributed by atoms with Crippen LogP contribution in [0, 0.1) is 20.2 Å². The second kappa shape index (κ2) is 8.38. The van der Waals surface area contributed by atoms with Crippen LogP contribution in [0.4, 0.5) is 17.1 Å². The highest BCUT2D eigenvalue weighted by molar-refractivity contribution is 6.68. The van der Waals surface area contributed by atoms with Gasteiger partial charge in [-0.3, -0.25) is 25.0 Å². The first-order valence-corrected chi connectivity index (χ1v) is 8.34. The zero-order valence-corrected chi connectivity index (χ0v) is 15.5. The van der Waals surface area contributed by atoms with Crippen molar-refractivity contribution in [3.8, 4) is 0 Å². The van der Waals surface area contributed by atoms with Crippen molar-refractivity contribution in [3.63, 3.8) is 0 Å². The van der Waals surface area contributed by atoms with E-state index in [4.69, 9.17) is 34.8 Å². The van der Waals surface area contributed by atoms with Gasteiger partial charge >= 0.3 is 0 Å². The molecule has 1 atom stereocenters. The number of nitrogens with zero attached hydrogens (tertiary/aromatic N) is 2. The Kier molecular flexibility index (Phi) is 6.42. The molecule has 1 amide bonds. The molecule has 0 heterocycles. The molecule has 0 aliphatic rings. The summed E-state index contributed by atoms with van der Waals surface area (Å²) < 4.78 is -1.99. The highest BCUT2D eigenvalue weighted by Gasteiger charge is 2.34. The number of anilines is 1. The number of hydrogen-bond donors (Lipinski definition) is 2. The second-order valence-electron chi connectivity index (χ2n) is 5.21. The summed E-state index contributed by atoms with van der Waals surface area (Å²) in [6.45, 7) is 0. The van der Waals surface area contributed by atoms with Crippen LogP contribution in [-0.2, 0) is 0 Å². The van der Waals surface area contributed by atoms with Crippen LogP contribution in [0.2, 0.25) is 0 Å². The molecule has 27 heavy (non-hydrogen) atoms. The van der Waals surface area contributed by atoms with Crippen LogP contribution in [0.15, 0.2) is 48.5 Å². The largest absolute Gasteiger partial charge is 0.362 e. The SMILES string of the molecule is O=C(N[C@H](Nc1ccccc1)C(Cl)(Cl)Cl)c1cc([N+](=O)[O-])cc([N+](=O)[O-])c1. The number of rotatable bonds is 6. The van der Waals surface area contributed by atoms with Crippen LogP contribution in [0.25, 0.3) is 0 Å². The van der Waals surface area contributed by atoms with E-state index in [9.17, 15) is 25.0 Å². The molecule has 0 aliphatic heterocycles. The minimum Gasteiger partial charge on any atom is -0.362 e. The molecule has 0 spiro atoms. The lowest BCUT2D eigenvalue weighted by Gasteiger charge is -2.27. The highest BCUT2D eigenvalue weighted by Crippen LogP contribution is 2.31. The summed E-state index contributed by atoms with van der Waals surface area (Å²) in [4.78, 5) is 32.7. The van der Waals surface area contributed by atoms with Crippen molar-refractivity contribution in [2.45, 2.75) is 9.96 Å². The average molecular weight is 434 g/mol. The van der Waals surface area contributed by atoms with Gasteiger partial charge in [0, 0.05) is 17.8 Å². The molecule has 0 saturated heterocycles. The predicted molar refractivity (Wildman–Crippen MR) is 101 cm³/mol. The first kappa shape index (κ1) is 20.7. The third-order valence-corrected chi connectivity index (χ3v) is 3.93. The predicted octanol–water partition coefficient (Wildman–Crippen LogP) is 4.04. The van der Waals surface area contributed by atoms with Gasteiger partial charge in [0.1, 0.15) is 6.17 Å². The molecule has 12 heteroatoms. The number of amides is 1. The van der Waals surface area contributed by atoms with Crippen molar-refractivity contribution >= 4 is 57.8 Å². The van der Waals surface area contributed by atoms with Gasteiger partial charge in [0.2, 0.25) is 3.79 Å². The lowest BCUT2D eigenvalue weighted by Crippen LogP contribution is -2.49. The fourth-order valence-corrected chi connectivity index (χ4v) is 2.38. The van der Waals surface area contributed by atoms with Gasteiger partial charge in [0.25, 0.3) is 17.3 Å². The standard InChI is InChI=1S/C15H11Cl3N4O5/c16-15(17,18)14(19-10-4-2-1-3-5-10)20-13(23)9-6-11(21(24)25)8-12(7-9)22(26)27/h1-8,14,19H,(H,20,23)/t14-/m0/s1. The minimum absolute atomic E-state index is 0.329. The number of carbonyl (C=O) groups is 1. The number of alkyl halides is 3. The van der Waals surface area contributed by atoms with Gasteiger partial charge in [0.05, 0.1) is 21.5 Å². The molecule has 0 aliphatic carbocycles. The van der Waals surface area contributed by atoms with E-state index in [1.807, 2.05) is 0 Å². The number of nitro groups is 2. The van der Waals surface area contributed by atoms with E-state index in [0.717, 1.165) is 18.2 Å². The molecular weight excluding hydrogens is 423 g/mol. The highest BCUT2D eigenvalue weighted by atomic mass is 35.6. The fraction of sp³-hybridized carbons (Fsp3) is 0.133. The van der Waals surface area contributed by atoms with Gasteiger partial charge in [-0.15, -0.1) is 0 Å². The van der Waals surface area contributed by atoms with Gasteiger partial charge in [-0.25, -0.2) is 0 Å². The first-order valence-electron chi connectivity index (χ1n) is 7.21. The van der Waals surface area contributed by atoms with E-state index in [-0.39, 0.29) is 5.56 Å². The minimum atomic E-state index is -1.99. The van der Waals surface area contributed by atoms with Gasteiger partial charge in [-0.05, 0) is 12.1 Å². The topological polar surface area (TPSA) is 127 Å². The molecule has 2 aromatic rings. The fourth-order valence-electron chi connectivity index (χ4n) is 2.05. The van der Waals surface area contributed by atoms with Crippen LogP contribution >= 0.6 is 34.8 Å². The Hall–Kier alpha value is -2.62. The van der Waals surface area contributed by atoms with Crippen molar-refractivity contribution < 1.29 is 14.6 Å². The van der Waals surface area contributed by atoms with Crippen molar-refractivity contribution in [2.75, 3.05) is 5.32 Å². The summed E-state index contributed by atoms with van der Waals surface area (Å²) in [5.41, 5.74) is -1.03. The molecule has 0 saturated carbocycles. The number of hydrogen-bond acceptors (Lipinski definition) is 6. The Balaban J connectivity index is 2.32. The maximum absolute atomic E-state index is 12.5. The zero-order valence-electron chi connectivity index (χ0n) is 13.3. The van der Waals surface area contributed by atoms with Crippen LogP contribution in [-0.4, -0.2) is 25.7 Å². The Labute approximate surface area is 167 Å². The number of para-hydroxylation sites is 1. The average Bonchev–Trinajstić information content (AvgIpc) is 2.60. The van der Waals surface area contributed by atoms with Crippen LogP contribution < -0.4 is 10.6 Å². The van der Waals surface area contributed by atoms with Gasteiger partial charge < -0.3 is 10.6 Å². The van der Waals surface area contributed by atoms with E-state index >= 15 is 0 Å². The van der Waals surface area contributed by atoms with E-state index < -0.39 is 37.1 Å². The number of carbonyl (C=O) groups excluding carboxylic acids is 1. The molecule has 9 nitrogen and oxygen atoms in total. The quantitative estimate of drug-likeness (QED) is 0.306. The lowest BCUT2D eigenvalue weighted by atomic mass is 10.1. The monoisotopic (exact) mass is 432 g/mol. The molecular formula is C15H11Cl3N4O5. The van der Waals surface area contributed by atoms with Crippen LogP contribution in [0.3, 0.4) is 0 Å².